The van der Waals surface area contributed by atoms with Crippen molar-refractivity contribution in [1.82, 2.24) is 4.57 Å². The largest absolute Gasteiger partial charge is 0.493 e. The molecular weight excluding hydrogens is 501 g/mol. The highest BCUT2D eigenvalue weighted by Gasteiger charge is 2.35. The molecule has 4 rings (SSSR count). The van der Waals surface area contributed by atoms with Gasteiger partial charge in [-0.25, -0.2) is 9.18 Å². The number of hydrogen-bond acceptors (Lipinski definition) is 6. The van der Waals surface area contributed by atoms with Gasteiger partial charge in [0.2, 0.25) is 0 Å². The molecule has 1 unspecified atom stereocenters. The van der Waals surface area contributed by atoms with Crippen LogP contribution in [0.2, 0.25) is 0 Å². The maximum Gasteiger partial charge on any atom is 0.339 e. The standard InChI is InChI=1S/C30H34FN3O5/c1-17-20-7-6-14-38-23(20)13-12-21(17)24-22(15-32)25(33-16-18-8-10-19(31)11-9-18)28(35)34(5)26(24)27(29(36)37)39-30(2,3)4/h8-13,15,27,32-33H,6-7,14,16H2,1-5H3,(H,36,37). The van der Waals surface area contributed by atoms with E-state index in [9.17, 15) is 19.1 Å². The molecule has 1 aliphatic heterocycles. The van der Waals surface area contributed by atoms with Crippen molar-refractivity contribution in [2.45, 2.75) is 58.8 Å². The van der Waals surface area contributed by atoms with Crippen molar-refractivity contribution < 1.29 is 23.8 Å². The summed E-state index contributed by atoms with van der Waals surface area (Å²) < 4.78 is 26.5. The highest BCUT2D eigenvalue weighted by Crippen LogP contribution is 2.41. The van der Waals surface area contributed by atoms with Gasteiger partial charge >= 0.3 is 5.97 Å². The molecule has 0 radical (unpaired) electrons. The topological polar surface area (TPSA) is 114 Å². The maximum atomic E-state index is 13.7. The summed E-state index contributed by atoms with van der Waals surface area (Å²) in [6, 6.07) is 9.58. The van der Waals surface area contributed by atoms with Crippen LogP contribution < -0.4 is 15.6 Å². The van der Waals surface area contributed by atoms with Gasteiger partial charge in [-0.15, -0.1) is 0 Å². The predicted octanol–water partition coefficient (Wildman–Crippen LogP) is 5.38. The van der Waals surface area contributed by atoms with Crippen LogP contribution in [0.15, 0.2) is 41.2 Å². The average Bonchev–Trinajstić information content (AvgIpc) is 2.89. The third-order valence-electron chi connectivity index (χ3n) is 6.80. The second-order valence-corrected chi connectivity index (χ2v) is 10.7. The number of carboxylic acid groups (broad SMARTS) is 1. The summed E-state index contributed by atoms with van der Waals surface area (Å²) in [6.45, 7) is 8.01. The Kier molecular flexibility index (Phi) is 7.92. The van der Waals surface area contributed by atoms with Crippen LogP contribution in [-0.2, 0) is 29.5 Å². The second kappa shape index (κ2) is 11.0. The van der Waals surface area contributed by atoms with Crippen molar-refractivity contribution in [3.63, 3.8) is 0 Å². The number of anilines is 1. The van der Waals surface area contributed by atoms with Gasteiger partial charge in [-0.3, -0.25) is 4.79 Å². The van der Waals surface area contributed by atoms with Crippen molar-refractivity contribution in [3.05, 3.63) is 80.5 Å². The molecule has 8 nitrogen and oxygen atoms in total. The molecule has 1 atom stereocenters. The zero-order valence-corrected chi connectivity index (χ0v) is 22.9. The van der Waals surface area contributed by atoms with Gasteiger partial charge in [0, 0.05) is 30.9 Å². The molecule has 1 aliphatic rings. The van der Waals surface area contributed by atoms with Gasteiger partial charge in [-0.05, 0) is 81.0 Å². The molecule has 2 aromatic carbocycles. The minimum absolute atomic E-state index is 0.142. The number of hydrogen-bond donors (Lipinski definition) is 3. The molecule has 3 aromatic rings. The van der Waals surface area contributed by atoms with E-state index in [1.165, 1.54) is 23.7 Å². The Hall–Kier alpha value is -3.98. The van der Waals surface area contributed by atoms with Crippen LogP contribution in [0.3, 0.4) is 0 Å². The van der Waals surface area contributed by atoms with Gasteiger partial charge in [0.15, 0.2) is 6.10 Å². The number of carboxylic acids is 1. The fourth-order valence-electron chi connectivity index (χ4n) is 4.98. The number of fused-ring (bicyclic) bond motifs is 1. The molecule has 0 spiro atoms. The van der Waals surface area contributed by atoms with Crippen molar-refractivity contribution >= 4 is 17.9 Å². The van der Waals surface area contributed by atoms with E-state index in [4.69, 9.17) is 14.9 Å². The lowest BCUT2D eigenvalue weighted by molar-refractivity contribution is -0.161. The number of aliphatic carboxylic acids is 1. The molecule has 0 fully saturated rings. The van der Waals surface area contributed by atoms with E-state index in [0.717, 1.165) is 41.5 Å². The lowest BCUT2D eigenvalue weighted by atomic mass is 9.87. The monoisotopic (exact) mass is 535 g/mol. The average molecular weight is 536 g/mol. The smallest absolute Gasteiger partial charge is 0.339 e. The molecule has 1 aromatic heterocycles. The lowest BCUT2D eigenvalue weighted by Crippen LogP contribution is -2.34. The molecule has 0 saturated heterocycles. The second-order valence-electron chi connectivity index (χ2n) is 10.7. The van der Waals surface area contributed by atoms with Crippen molar-refractivity contribution in [2.24, 2.45) is 7.05 Å². The molecule has 0 saturated carbocycles. The van der Waals surface area contributed by atoms with E-state index in [0.29, 0.717) is 17.7 Å². The van der Waals surface area contributed by atoms with E-state index in [1.54, 1.807) is 32.9 Å². The Bertz CT molecular complexity index is 1470. The molecule has 3 N–H and O–H groups in total. The molecule has 0 aliphatic carbocycles. The first-order valence-corrected chi connectivity index (χ1v) is 12.8. The van der Waals surface area contributed by atoms with E-state index in [1.807, 2.05) is 19.1 Å². The number of carbonyl (C=O) groups is 1. The van der Waals surface area contributed by atoms with Crippen LogP contribution in [0.25, 0.3) is 11.1 Å². The van der Waals surface area contributed by atoms with E-state index < -0.39 is 23.2 Å². The number of aromatic nitrogens is 1. The van der Waals surface area contributed by atoms with Crippen LogP contribution in [0, 0.1) is 18.2 Å². The van der Waals surface area contributed by atoms with Crippen LogP contribution in [0.1, 0.15) is 61.2 Å². The van der Waals surface area contributed by atoms with E-state index in [-0.39, 0.29) is 29.3 Å². The van der Waals surface area contributed by atoms with Crippen LogP contribution in [-0.4, -0.2) is 34.1 Å². The summed E-state index contributed by atoms with van der Waals surface area (Å²) in [5.74, 6) is -0.837. The van der Waals surface area contributed by atoms with E-state index >= 15 is 0 Å². The summed E-state index contributed by atoms with van der Waals surface area (Å²) in [4.78, 5) is 26.3. The van der Waals surface area contributed by atoms with Crippen LogP contribution in [0.5, 0.6) is 5.75 Å². The molecule has 2 heterocycles. The first-order valence-electron chi connectivity index (χ1n) is 12.8. The lowest BCUT2D eigenvalue weighted by Gasteiger charge is -2.30. The number of nitrogens with one attached hydrogen (secondary N) is 2. The first kappa shape index (κ1) is 28.0. The third-order valence-corrected chi connectivity index (χ3v) is 6.80. The summed E-state index contributed by atoms with van der Waals surface area (Å²) >= 11 is 0. The number of benzene rings is 2. The van der Waals surface area contributed by atoms with Gasteiger partial charge < -0.3 is 29.9 Å². The maximum absolute atomic E-state index is 13.7. The number of halogens is 1. The molecule has 0 bridgehead atoms. The minimum atomic E-state index is -1.48. The number of rotatable bonds is 8. The third kappa shape index (κ3) is 5.73. The summed E-state index contributed by atoms with van der Waals surface area (Å²) in [7, 11) is 1.51. The number of pyridine rings is 1. The predicted molar refractivity (Wildman–Crippen MR) is 148 cm³/mol. The number of ether oxygens (including phenoxy) is 2. The van der Waals surface area contributed by atoms with Crippen molar-refractivity contribution in [1.29, 1.82) is 5.41 Å². The molecule has 9 heteroatoms. The van der Waals surface area contributed by atoms with Crippen molar-refractivity contribution in [3.8, 4) is 16.9 Å². The SMILES string of the molecule is Cc1c(-c2c(C=N)c(NCc3ccc(F)cc3)c(=O)n(C)c2C(OC(C)(C)C)C(=O)O)ccc2c1CCCO2. The van der Waals surface area contributed by atoms with Gasteiger partial charge in [0.05, 0.1) is 17.9 Å². The highest BCUT2D eigenvalue weighted by molar-refractivity contribution is 5.98. The Balaban J connectivity index is 2.01. The summed E-state index contributed by atoms with van der Waals surface area (Å²) in [5, 5.41) is 21.8. The Morgan fingerprint density at radius 2 is 1.95 bits per heavy atom. The number of nitrogens with zero attached hydrogens (tertiary/aromatic N) is 1. The summed E-state index contributed by atoms with van der Waals surface area (Å²) in [5.41, 5.74) is 2.96. The quantitative estimate of drug-likeness (QED) is 0.334. The Morgan fingerprint density at radius 1 is 1.26 bits per heavy atom. The Morgan fingerprint density at radius 3 is 2.56 bits per heavy atom. The fourth-order valence-corrected chi connectivity index (χ4v) is 4.98. The van der Waals surface area contributed by atoms with Gasteiger partial charge in [-0.2, -0.15) is 0 Å². The normalized spacial score (nSPS) is 13.8. The zero-order valence-electron chi connectivity index (χ0n) is 22.9. The molecule has 39 heavy (non-hydrogen) atoms. The molecular formula is C30H34FN3O5. The molecule has 206 valence electrons. The fraction of sp³-hybridized carbons (Fsp3) is 0.367. The molecule has 0 amide bonds. The zero-order chi connectivity index (χ0) is 28.5. The minimum Gasteiger partial charge on any atom is -0.493 e. The highest BCUT2D eigenvalue weighted by atomic mass is 19.1. The Labute approximate surface area is 226 Å². The van der Waals surface area contributed by atoms with Gasteiger partial charge in [-0.1, -0.05) is 18.2 Å². The van der Waals surface area contributed by atoms with Crippen molar-refractivity contribution in [2.75, 3.05) is 11.9 Å². The summed E-state index contributed by atoms with van der Waals surface area (Å²) in [6.07, 6.45) is 1.24. The van der Waals surface area contributed by atoms with Gasteiger partial charge in [0.25, 0.3) is 5.56 Å². The van der Waals surface area contributed by atoms with Crippen LogP contribution in [0.4, 0.5) is 10.1 Å². The van der Waals surface area contributed by atoms with Crippen LogP contribution >= 0.6 is 0 Å². The first-order chi connectivity index (χ1) is 18.4. The van der Waals surface area contributed by atoms with Gasteiger partial charge in [0.1, 0.15) is 17.3 Å². The van der Waals surface area contributed by atoms with E-state index in [2.05, 4.69) is 5.32 Å².